The first-order chi connectivity index (χ1) is 15.0. The molecule has 2 saturated heterocycles. The van der Waals surface area contributed by atoms with E-state index < -0.39 is 0 Å². The van der Waals surface area contributed by atoms with Crippen molar-refractivity contribution in [2.24, 2.45) is 0 Å². The normalized spacial score (nSPS) is 21.5. The van der Waals surface area contributed by atoms with Gasteiger partial charge in [-0.3, -0.25) is 4.90 Å². The van der Waals surface area contributed by atoms with E-state index in [0.29, 0.717) is 6.04 Å². The molecule has 31 heavy (non-hydrogen) atoms. The van der Waals surface area contributed by atoms with Crippen LogP contribution in [0.25, 0.3) is 0 Å². The number of rotatable bonds is 2. The molecule has 1 aromatic heterocycles. The number of benzene rings is 1. The molecule has 1 aromatic carbocycles. The fourth-order valence-electron chi connectivity index (χ4n) is 5.70. The zero-order valence-corrected chi connectivity index (χ0v) is 19.7. The minimum Gasteiger partial charge on any atom is -0.348 e. The molecule has 2 fully saturated rings. The molecule has 2 aromatic rings. The zero-order valence-electron chi connectivity index (χ0n) is 18.9. The molecule has 0 aliphatic carbocycles. The number of aromatic nitrogens is 1. The van der Waals surface area contributed by atoms with Gasteiger partial charge < -0.3 is 14.7 Å². The molecule has 0 unspecified atom stereocenters. The molecule has 0 bridgehead atoms. The van der Waals surface area contributed by atoms with Crippen LogP contribution in [-0.2, 0) is 5.41 Å². The number of hydrogen-bond donors (Lipinski definition) is 0. The minimum absolute atomic E-state index is 0.0940. The second-order valence-corrected chi connectivity index (χ2v) is 10.4. The molecule has 3 aliphatic rings. The number of piperidine rings is 2. The molecule has 166 valence electrons. The predicted octanol–water partition coefficient (Wildman–Crippen LogP) is 3.96. The summed E-state index contributed by atoms with van der Waals surface area (Å²) in [6, 6.07) is 9.33. The molecule has 5 rings (SSSR count). The van der Waals surface area contributed by atoms with E-state index in [1.165, 1.54) is 23.5 Å². The van der Waals surface area contributed by atoms with Crippen LogP contribution in [-0.4, -0.2) is 73.7 Å². The van der Waals surface area contributed by atoms with Gasteiger partial charge in [0.25, 0.3) is 0 Å². The molecular formula is C24H33N5OS. The summed E-state index contributed by atoms with van der Waals surface area (Å²) in [5, 5.41) is 3.33. The molecule has 0 radical (unpaired) electrons. The Morgan fingerprint density at radius 3 is 2.48 bits per heavy atom. The Morgan fingerprint density at radius 2 is 1.84 bits per heavy atom. The average Bonchev–Trinajstić information content (AvgIpc) is 3.36. The number of carbonyl (C=O) groups excluding carboxylic acids is 1. The topological polar surface area (TPSA) is 42.9 Å². The number of nitrogens with zero attached hydrogens (tertiary/aromatic N) is 5. The van der Waals surface area contributed by atoms with Crippen molar-refractivity contribution in [1.82, 2.24) is 14.8 Å². The summed E-state index contributed by atoms with van der Waals surface area (Å²) >= 11 is 1.77. The van der Waals surface area contributed by atoms with Gasteiger partial charge in [-0.25, -0.2) is 9.78 Å². The van der Waals surface area contributed by atoms with Gasteiger partial charge >= 0.3 is 6.03 Å². The van der Waals surface area contributed by atoms with E-state index in [9.17, 15) is 4.79 Å². The Kier molecular flexibility index (Phi) is 5.42. The number of anilines is 2. The molecular weight excluding hydrogens is 406 g/mol. The second-order valence-electron chi connectivity index (χ2n) is 9.59. The van der Waals surface area contributed by atoms with E-state index in [1.54, 1.807) is 16.2 Å². The minimum atomic E-state index is 0.0940. The van der Waals surface area contributed by atoms with Crippen LogP contribution >= 0.6 is 11.3 Å². The van der Waals surface area contributed by atoms with E-state index in [0.717, 1.165) is 56.9 Å². The summed E-state index contributed by atoms with van der Waals surface area (Å²) in [4.78, 5) is 26.4. The third-order valence-electron chi connectivity index (χ3n) is 7.45. The Bertz CT molecular complexity index is 941. The van der Waals surface area contributed by atoms with E-state index in [4.69, 9.17) is 0 Å². The van der Waals surface area contributed by atoms with Gasteiger partial charge in [0.1, 0.15) is 0 Å². The summed E-state index contributed by atoms with van der Waals surface area (Å²) < 4.78 is 0. The molecule has 1 spiro atoms. The number of likely N-dealkylation sites (tertiary alicyclic amines) is 1. The molecule has 6 nitrogen and oxygen atoms in total. The van der Waals surface area contributed by atoms with Crippen molar-refractivity contribution in [3.8, 4) is 0 Å². The standard InChI is InChI=1S/C24H33N5OS/c1-18-16-31-22(25-18)28-12-8-19(9-13-28)27-14-10-24(11-15-27)17-29(23(30)26(2)3)21-7-5-4-6-20(21)24/h4-7,16,19H,8-15,17H2,1-3H3. The highest BCUT2D eigenvalue weighted by Crippen LogP contribution is 2.47. The predicted molar refractivity (Wildman–Crippen MR) is 127 cm³/mol. The van der Waals surface area contributed by atoms with Crippen molar-refractivity contribution < 1.29 is 4.79 Å². The highest BCUT2D eigenvalue weighted by Gasteiger charge is 2.47. The summed E-state index contributed by atoms with van der Waals surface area (Å²) in [7, 11) is 3.69. The van der Waals surface area contributed by atoms with E-state index in [-0.39, 0.29) is 11.4 Å². The fraction of sp³-hybridized carbons (Fsp3) is 0.583. The lowest BCUT2D eigenvalue weighted by molar-refractivity contribution is 0.104. The fourth-order valence-corrected chi connectivity index (χ4v) is 6.55. The average molecular weight is 440 g/mol. The SMILES string of the molecule is Cc1csc(N2CCC(N3CCC4(CC3)CN(C(=O)N(C)C)c3ccccc34)CC2)n1. The van der Waals surface area contributed by atoms with Gasteiger partial charge in [0, 0.05) is 56.3 Å². The van der Waals surface area contributed by atoms with Crippen molar-refractivity contribution in [2.75, 3.05) is 56.6 Å². The third kappa shape index (κ3) is 3.72. The second kappa shape index (κ2) is 8.10. The van der Waals surface area contributed by atoms with Crippen LogP contribution in [0.1, 0.15) is 36.9 Å². The van der Waals surface area contributed by atoms with Gasteiger partial charge in [-0.05, 0) is 57.3 Å². The van der Waals surface area contributed by atoms with Crippen molar-refractivity contribution in [1.29, 1.82) is 0 Å². The number of thiazole rings is 1. The third-order valence-corrected chi connectivity index (χ3v) is 8.47. The maximum atomic E-state index is 12.8. The van der Waals surface area contributed by atoms with Crippen molar-refractivity contribution in [3.63, 3.8) is 0 Å². The summed E-state index contributed by atoms with van der Waals surface area (Å²) in [6.45, 7) is 7.35. The lowest BCUT2D eigenvalue weighted by Gasteiger charge is -2.45. The number of hydrogen-bond acceptors (Lipinski definition) is 5. The van der Waals surface area contributed by atoms with Gasteiger partial charge in [-0.15, -0.1) is 11.3 Å². The van der Waals surface area contributed by atoms with Gasteiger partial charge in [0.2, 0.25) is 0 Å². The monoisotopic (exact) mass is 439 g/mol. The summed E-state index contributed by atoms with van der Waals surface area (Å²) in [5.74, 6) is 0. The zero-order chi connectivity index (χ0) is 21.6. The smallest absolute Gasteiger partial charge is 0.323 e. The Morgan fingerprint density at radius 1 is 1.13 bits per heavy atom. The molecule has 0 atom stereocenters. The van der Waals surface area contributed by atoms with E-state index in [2.05, 4.69) is 51.4 Å². The van der Waals surface area contributed by atoms with Crippen LogP contribution in [0.4, 0.5) is 15.6 Å². The molecule has 0 saturated carbocycles. The highest BCUT2D eigenvalue weighted by molar-refractivity contribution is 7.13. The quantitative estimate of drug-likeness (QED) is 0.711. The van der Waals surface area contributed by atoms with Crippen LogP contribution in [0.5, 0.6) is 0 Å². The van der Waals surface area contributed by atoms with Crippen LogP contribution in [0.15, 0.2) is 29.6 Å². The molecule has 4 heterocycles. The lowest BCUT2D eigenvalue weighted by atomic mass is 9.74. The Labute approximate surface area is 189 Å². The van der Waals surface area contributed by atoms with Gasteiger partial charge in [0.15, 0.2) is 5.13 Å². The van der Waals surface area contributed by atoms with Gasteiger partial charge in [-0.1, -0.05) is 18.2 Å². The largest absolute Gasteiger partial charge is 0.348 e. The lowest BCUT2D eigenvalue weighted by Crippen LogP contribution is -2.52. The molecule has 2 amide bonds. The maximum absolute atomic E-state index is 12.8. The Hall–Kier alpha value is -2.12. The highest BCUT2D eigenvalue weighted by atomic mass is 32.1. The van der Waals surface area contributed by atoms with Gasteiger partial charge in [-0.2, -0.15) is 0 Å². The first kappa shape index (κ1) is 20.8. The number of para-hydroxylation sites is 1. The first-order valence-electron chi connectivity index (χ1n) is 11.5. The Balaban J connectivity index is 1.24. The number of amides is 2. The van der Waals surface area contributed by atoms with E-state index >= 15 is 0 Å². The number of urea groups is 1. The summed E-state index contributed by atoms with van der Waals surface area (Å²) in [5.41, 5.74) is 3.72. The van der Waals surface area contributed by atoms with Crippen LogP contribution in [0.3, 0.4) is 0 Å². The molecule has 7 heteroatoms. The van der Waals surface area contributed by atoms with Crippen molar-refractivity contribution in [2.45, 2.75) is 44.1 Å². The molecule has 3 aliphatic heterocycles. The van der Waals surface area contributed by atoms with Crippen LogP contribution in [0.2, 0.25) is 0 Å². The maximum Gasteiger partial charge on any atom is 0.323 e. The number of carbonyl (C=O) groups is 1. The summed E-state index contributed by atoms with van der Waals surface area (Å²) in [6.07, 6.45) is 4.70. The van der Waals surface area contributed by atoms with Crippen LogP contribution < -0.4 is 9.80 Å². The number of aryl methyl sites for hydroxylation is 1. The van der Waals surface area contributed by atoms with Crippen LogP contribution in [0, 0.1) is 6.92 Å². The van der Waals surface area contributed by atoms with Crippen molar-refractivity contribution in [3.05, 3.63) is 40.9 Å². The van der Waals surface area contributed by atoms with Gasteiger partial charge in [0.05, 0.1) is 5.69 Å². The van der Waals surface area contributed by atoms with E-state index in [1.807, 2.05) is 19.0 Å². The molecule has 0 N–H and O–H groups in total. The van der Waals surface area contributed by atoms with Crippen molar-refractivity contribution >= 4 is 28.2 Å². The first-order valence-corrected chi connectivity index (χ1v) is 12.3. The number of fused-ring (bicyclic) bond motifs is 2.